The zero-order chi connectivity index (χ0) is 19.9. The Kier molecular flexibility index (Phi) is 7.25. The Balaban J connectivity index is 1.87. The molecule has 0 spiro atoms. The molecule has 0 amide bonds. The Bertz CT molecular complexity index is 776. The zero-order valence-electron chi connectivity index (χ0n) is 14.7. The standard InChI is InChI=1S/C18H21F3N2O3S/c19-18(20,21)10-11-27(24,25)17(12-22)15-6-8-16(9-7-15)23-26-13-14-4-2-1-3-5-14/h1-5,15,17H,6-11,13H2. The van der Waals surface area contributed by atoms with E-state index in [0.717, 1.165) is 11.3 Å². The second-order valence-electron chi connectivity index (χ2n) is 6.54. The van der Waals surface area contributed by atoms with E-state index < -0.39 is 39.4 Å². The minimum atomic E-state index is -4.56. The summed E-state index contributed by atoms with van der Waals surface area (Å²) < 4.78 is 61.2. The lowest BCUT2D eigenvalue weighted by Gasteiger charge is -2.26. The van der Waals surface area contributed by atoms with E-state index >= 15 is 0 Å². The normalized spacial score (nSPS) is 19.2. The number of hydrogen-bond donors (Lipinski definition) is 0. The SMILES string of the molecule is N#CC(C1CCC(=NOCc2ccccc2)CC1)S(=O)(=O)CCC(F)(F)F. The number of benzene rings is 1. The first kappa shape index (κ1) is 21.2. The maximum absolute atomic E-state index is 12.3. The summed E-state index contributed by atoms with van der Waals surface area (Å²) in [5.74, 6) is -1.53. The van der Waals surface area contributed by atoms with E-state index in [9.17, 15) is 26.9 Å². The number of hydrogen-bond acceptors (Lipinski definition) is 5. The highest BCUT2D eigenvalue weighted by atomic mass is 32.2. The van der Waals surface area contributed by atoms with E-state index in [-0.39, 0.29) is 0 Å². The third kappa shape index (κ3) is 6.86. The number of nitriles is 1. The third-order valence-corrected chi connectivity index (χ3v) is 6.52. The van der Waals surface area contributed by atoms with Crippen LogP contribution in [0.5, 0.6) is 0 Å². The molecule has 1 unspecified atom stereocenters. The van der Waals surface area contributed by atoms with Crippen LogP contribution in [0.2, 0.25) is 0 Å². The van der Waals surface area contributed by atoms with Crippen LogP contribution in [0.4, 0.5) is 13.2 Å². The molecule has 1 aliphatic rings. The van der Waals surface area contributed by atoms with Crippen molar-refractivity contribution >= 4 is 15.5 Å². The first-order valence-electron chi connectivity index (χ1n) is 8.61. The summed E-state index contributed by atoms with van der Waals surface area (Å²) in [5.41, 5.74) is 1.74. The van der Waals surface area contributed by atoms with Crippen LogP contribution in [0.1, 0.15) is 37.7 Å². The van der Waals surface area contributed by atoms with Gasteiger partial charge in [0.15, 0.2) is 15.1 Å². The van der Waals surface area contributed by atoms with Crippen LogP contribution in [0, 0.1) is 17.2 Å². The topological polar surface area (TPSA) is 79.5 Å². The van der Waals surface area contributed by atoms with Gasteiger partial charge in [-0.25, -0.2) is 8.42 Å². The highest BCUT2D eigenvalue weighted by Gasteiger charge is 2.38. The predicted molar refractivity (Wildman–Crippen MR) is 94.5 cm³/mol. The molecule has 1 aliphatic carbocycles. The lowest BCUT2D eigenvalue weighted by Crippen LogP contribution is -2.34. The summed E-state index contributed by atoms with van der Waals surface area (Å²) in [6, 6.07) is 11.2. The van der Waals surface area contributed by atoms with Crippen LogP contribution in [-0.2, 0) is 21.3 Å². The van der Waals surface area contributed by atoms with E-state index in [1.165, 1.54) is 0 Å². The van der Waals surface area contributed by atoms with Crippen LogP contribution in [0.15, 0.2) is 35.5 Å². The van der Waals surface area contributed by atoms with Crippen molar-refractivity contribution in [2.24, 2.45) is 11.1 Å². The summed E-state index contributed by atoms with van der Waals surface area (Å²) in [4.78, 5) is 5.30. The molecule has 0 saturated heterocycles. The molecule has 0 N–H and O–H groups in total. The van der Waals surface area contributed by atoms with Gasteiger partial charge in [-0.1, -0.05) is 35.5 Å². The fraction of sp³-hybridized carbons (Fsp3) is 0.556. The molecule has 1 saturated carbocycles. The predicted octanol–water partition coefficient (Wildman–Crippen LogP) is 4.01. The molecule has 2 rings (SSSR count). The van der Waals surface area contributed by atoms with Crippen molar-refractivity contribution in [3.05, 3.63) is 35.9 Å². The fourth-order valence-corrected chi connectivity index (χ4v) is 4.79. The Morgan fingerprint density at radius 3 is 2.41 bits per heavy atom. The molecule has 1 atom stereocenters. The van der Waals surface area contributed by atoms with Gasteiger partial charge in [-0.05, 0) is 37.2 Å². The molecule has 148 valence electrons. The molecule has 1 fully saturated rings. The smallest absolute Gasteiger partial charge is 0.390 e. The van der Waals surface area contributed by atoms with Gasteiger partial charge >= 0.3 is 6.18 Å². The van der Waals surface area contributed by atoms with E-state index in [2.05, 4.69) is 5.16 Å². The van der Waals surface area contributed by atoms with Gasteiger partial charge < -0.3 is 4.84 Å². The second-order valence-corrected chi connectivity index (χ2v) is 8.78. The quantitative estimate of drug-likeness (QED) is 0.646. The number of nitrogens with zero attached hydrogens (tertiary/aromatic N) is 2. The van der Waals surface area contributed by atoms with Crippen molar-refractivity contribution in [1.29, 1.82) is 5.26 Å². The number of alkyl halides is 3. The van der Waals surface area contributed by atoms with E-state index in [1.807, 2.05) is 30.3 Å². The molecule has 27 heavy (non-hydrogen) atoms. The van der Waals surface area contributed by atoms with Crippen molar-refractivity contribution in [1.82, 2.24) is 0 Å². The van der Waals surface area contributed by atoms with Crippen LogP contribution in [-0.4, -0.2) is 31.3 Å². The summed E-state index contributed by atoms with van der Waals surface area (Å²) >= 11 is 0. The molecule has 5 nitrogen and oxygen atoms in total. The van der Waals surface area contributed by atoms with Crippen LogP contribution >= 0.6 is 0 Å². The average Bonchev–Trinajstić information content (AvgIpc) is 2.62. The molecule has 0 bridgehead atoms. The third-order valence-electron chi connectivity index (χ3n) is 4.49. The molecular formula is C18H21F3N2O3S. The Morgan fingerprint density at radius 2 is 1.85 bits per heavy atom. The Hall–Kier alpha value is -2.08. The highest BCUT2D eigenvalue weighted by Crippen LogP contribution is 2.30. The van der Waals surface area contributed by atoms with Crippen molar-refractivity contribution < 1.29 is 26.4 Å². The first-order chi connectivity index (χ1) is 12.7. The summed E-state index contributed by atoms with van der Waals surface area (Å²) in [5, 5.41) is 11.9. The highest BCUT2D eigenvalue weighted by molar-refractivity contribution is 7.92. The van der Waals surface area contributed by atoms with Gasteiger partial charge in [0.2, 0.25) is 0 Å². The number of halogens is 3. The molecule has 1 aromatic rings. The van der Waals surface area contributed by atoms with Crippen molar-refractivity contribution in [3.8, 4) is 6.07 Å². The van der Waals surface area contributed by atoms with Gasteiger partial charge in [0.05, 0.1) is 24.0 Å². The van der Waals surface area contributed by atoms with Gasteiger partial charge in [0.25, 0.3) is 0 Å². The maximum atomic E-state index is 12.3. The Labute approximate surface area is 156 Å². The van der Waals surface area contributed by atoms with Gasteiger partial charge in [-0.3, -0.25) is 0 Å². The fourth-order valence-electron chi connectivity index (χ4n) is 3.00. The monoisotopic (exact) mass is 402 g/mol. The van der Waals surface area contributed by atoms with Gasteiger partial charge in [-0.2, -0.15) is 18.4 Å². The lowest BCUT2D eigenvalue weighted by molar-refractivity contribution is -0.129. The second kappa shape index (κ2) is 9.22. The molecule has 0 radical (unpaired) electrons. The number of oxime groups is 1. The number of sulfone groups is 1. The van der Waals surface area contributed by atoms with Crippen molar-refractivity contribution in [2.75, 3.05) is 5.75 Å². The van der Waals surface area contributed by atoms with Crippen LogP contribution in [0.25, 0.3) is 0 Å². The molecule has 0 aromatic heterocycles. The minimum absolute atomic E-state index is 0.320. The zero-order valence-corrected chi connectivity index (χ0v) is 15.5. The molecule has 1 aromatic carbocycles. The van der Waals surface area contributed by atoms with Crippen molar-refractivity contribution in [3.63, 3.8) is 0 Å². The van der Waals surface area contributed by atoms with Crippen LogP contribution < -0.4 is 0 Å². The van der Waals surface area contributed by atoms with Gasteiger partial charge in [-0.15, -0.1) is 0 Å². The average molecular weight is 402 g/mol. The Morgan fingerprint density at radius 1 is 1.22 bits per heavy atom. The lowest BCUT2D eigenvalue weighted by atomic mass is 9.86. The summed E-state index contributed by atoms with van der Waals surface area (Å²) in [6.07, 6.45) is -4.29. The molecule has 0 aliphatic heterocycles. The maximum Gasteiger partial charge on any atom is 0.390 e. The molecular weight excluding hydrogens is 381 g/mol. The first-order valence-corrected chi connectivity index (χ1v) is 10.3. The summed E-state index contributed by atoms with van der Waals surface area (Å²) in [7, 11) is -4.13. The van der Waals surface area contributed by atoms with Crippen molar-refractivity contribution in [2.45, 2.75) is 50.1 Å². The van der Waals surface area contributed by atoms with E-state index in [1.54, 1.807) is 6.07 Å². The van der Waals surface area contributed by atoms with Crippen LogP contribution in [0.3, 0.4) is 0 Å². The van der Waals surface area contributed by atoms with Gasteiger partial charge in [0, 0.05) is 0 Å². The van der Waals surface area contributed by atoms with E-state index in [0.29, 0.717) is 32.3 Å². The van der Waals surface area contributed by atoms with Gasteiger partial charge in [0.1, 0.15) is 6.61 Å². The van der Waals surface area contributed by atoms with E-state index in [4.69, 9.17) is 4.84 Å². The molecule has 9 heteroatoms. The minimum Gasteiger partial charge on any atom is -0.391 e. The number of rotatable bonds is 7. The largest absolute Gasteiger partial charge is 0.391 e. The molecule has 0 heterocycles. The summed E-state index contributed by atoms with van der Waals surface area (Å²) in [6.45, 7) is 0.320.